The quantitative estimate of drug-likeness (QED) is 0.340. The van der Waals surface area contributed by atoms with Crippen LogP contribution in [-0.4, -0.2) is 51.8 Å². The molecular weight excluding hydrogens is 506 g/mol. The maximum Gasteiger partial charge on any atom is 0.573 e. The number of thiazole rings is 1. The number of halogens is 6. The average Bonchev–Trinajstić information content (AvgIpc) is 3.27. The normalized spacial score (nSPS) is 15.4. The number of anilines is 3. The highest BCUT2D eigenvalue weighted by Gasteiger charge is 2.35. The van der Waals surface area contributed by atoms with Gasteiger partial charge in [0.2, 0.25) is 5.95 Å². The van der Waals surface area contributed by atoms with Gasteiger partial charge in [-0.05, 0) is 36.2 Å². The van der Waals surface area contributed by atoms with E-state index in [1.807, 2.05) is 4.31 Å². The van der Waals surface area contributed by atoms with E-state index in [0.717, 1.165) is 6.07 Å². The topological polar surface area (TPSA) is 66.4 Å². The van der Waals surface area contributed by atoms with E-state index in [2.05, 4.69) is 25.0 Å². The van der Waals surface area contributed by atoms with Crippen LogP contribution in [0.5, 0.6) is 5.75 Å². The van der Waals surface area contributed by atoms with Crippen LogP contribution in [0.15, 0.2) is 46.8 Å². The molecule has 0 aliphatic carbocycles. The first-order valence-corrected chi connectivity index (χ1v) is 11.4. The van der Waals surface area contributed by atoms with E-state index >= 15 is 0 Å². The molecule has 0 radical (unpaired) electrons. The molecule has 0 spiro atoms. The molecule has 7 nitrogen and oxygen atoms in total. The van der Waals surface area contributed by atoms with Gasteiger partial charge in [-0.15, -0.1) is 24.5 Å². The van der Waals surface area contributed by atoms with Crippen LogP contribution >= 0.6 is 23.3 Å². The standard InChI is InChI=1S/C19H16F6N6OS2/c20-18(21,22)14-11-15(29-17-26-5-10-33-17)28-16(27-14)30-6-8-31(9-7-30)34-13-3-1-12(2-4-13)32-19(23,24)25/h1-5,10-11H,6-9H2,(H,26,27,28,29). The van der Waals surface area contributed by atoms with E-state index in [9.17, 15) is 26.3 Å². The van der Waals surface area contributed by atoms with Gasteiger partial charge in [-0.1, -0.05) is 0 Å². The number of alkyl halides is 6. The van der Waals surface area contributed by atoms with Gasteiger partial charge in [0, 0.05) is 48.7 Å². The summed E-state index contributed by atoms with van der Waals surface area (Å²) in [4.78, 5) is 14.3. The van der Waals surface area contributed by atoms with Gasteiger partial charge in [0.25, 0.3) is 0 Å². The number of ether oxygens (including phenoxy) is 1. The number of hydrogen-bond acceptors (Lipinski definition) is 9. The molecule has 15 heteroatoms. The van der Waals surface area contributed by atoms with Gasteiger partial charge in [0.15, 0.2) is 10.8 Å². The van der Waals surface area contributed by atoms with Crippen molar-refractivity contribution in [3.05, 3.63) is 47.6 Å². The highest BCUT2D eigenvalue weighted by atomic mass is 32.2. The number of piperazine rings is 1. The van der Waals surface area contributed by atoms with Crippen molar-refractivity contribution in [1.82, 2.24) is 19.3 Å². The molecule has 182 valence electrons. The zero-order valence-corrected chi connectivity index (χ0v) is 18.7. The minimum absolute atomic E-state index is 0.00903. The van der Waals surface area contributed by atoms with Gasteiger partial charge < -0.3 is 15.0 Å². The third-order valence-electron chi connectivity index (χ3n) is 4.49. The summed E-state index contributed by atoms with van der Waals surface area (Å²) < 4.78 is 82.8. The van der Waals surface area contributed by atoms with Crippen LogP contribution in [0.4, 0.5) is 43.2 Å². The number of rotatable bonds is 6. The highest BCUT2D eigenvalue weighted by Crippen LogP contribution is 2.33. The van der Waals surface area contributed by atoms with Gasteiger partial charge in [0.1, 0.15) is 11.6 Å². The van der Waals surface area contributed by atoms with Crippen LogP contribution in [0.25, 0.3) is 0 Å². The average molecular weight is 523 g/mol. The molecule has 0 amide bonds. The van der Waals surface area contributed by atoms with Crippen LogP contribution in [0.1, 0.15) is 5.69 Å². The molecule has 1 saturated heterocycles. The lowest BCUT2D eigenvalue weighted by molar-refractivity contribution is -0.274. The third kappa shape index (κ3) is 6.64. The molecule has 1 aliphatic heterocycles. The molecule has 0 bridgehead atoms. The van der Waals surface area contributed by atoms with Gasteiger partial charge in [-0.25, -0.2) is 14.3 Å². The Bertz CT molecular complexity index is 1090. The second-order valence-electron chi connectivity index (χ2n) is 6.93. The molecule has 1 aliphatic rings. The molecule has 0 unspecified atom stereocenters. The van der Waals surface area contributed by atoms with E-state index in [-0.39, 0.29) is 17.5 Å². The Kier molecular flexibility index (Phi) is 7.04. The van der Waals surface area contributed by atoms with Gasteiger partial charge in [-0.3, -0.25) is 0 Å². The van der Waals surface area contributed by atoms with Crippen molar-refractivity contribution in [1.29, 1.82) is 0 Å². The van der Waals surface area contributed by atoms with Crippen molar-refractivity contribution in [3.8, 4) is 5.75 Å². The molecule has 3 heterocycles. The van der Waals surface area contributed by atoms with Crippen LogP contribution in [-0.2, 0) is 6.18 Å². The number of hydrogen-bond donors (Lipinski definition) is 1. The summed E-state index contributed by atoms with van der Waals surface area (Å²) in [6.45, 7) is 1.67. The lowest BCUT2D eigenvalue weighted by Crippen LogP contribution is -2.44. The zero-order valence-electron chi connectivity index (χ0n) is 17.1. The predicted molar refractivity (Wildman–Crippen MR) is 115 cm³/mol. The van der Waals surface area contributed by atoms with Crippen molar-refractivity contribution >= 4 is 40.2 Å². The molecule has 1 N–H and O–H groups in total. The summed E-state index contributed by atoms with van der Waals surface area (Å²) in [6.07, 6.45) is -7.88. The first-order valence-electron chi connectivity index (χ1n) is 9.72. The molecule has 0 saturated carbocycles. The second-order valence-corrected chi connectivity index (χ2v) is 8.99. The lowest BCUT2D eigenvalue weighted by atomic mass is 10.3. The fraction of sp³-hybridized carbons (Fsp3) is 0.316. The van der Waals surface area contributed by atoms with Crippen molar-refractivity contribution in [2.24, 2.45) is 0 Å². The summed E-state index contributed by atoms with van der Waals surface area (Å²) >= 11 is 2.56. The van der Waals surface area contributed by atoms with Gasteiger partial charge in [0.05, 0.1) is 0 Å². The third-order valence-corrected chi connectivity index (χ3v) is 6.28. The Balaban J connectivity index is 1.40. The second kappa shape index (κ2) is 9.84. The molecular formula is C19H16F6N6OS2. The highest BCUT2D eigenvalue weighted by molar-refractivity contribution is 7.97. The minimum Gasteiger partial charge on any atom is -0.406 e. The molecule has 2 aromatic heterocycles. The Labute approximate surface area is 197 Å². The van der Waals surface area contributed by atoms with Crippen LogP contribution in [0.2, 0.25) is 0 Å². The summed E-state index contributed by atoms with van der Waals surface area (Å²) in [5.41, 5.74) is -1.06. The fourth-order valence-electron chi connectivity index (χ4n) is 3.01. The SMILES string of the molecule is FC(F)(F)Oc1ccc(SN2CCN(c3nc(Nc4nccs4)cc(C(F)(F)F)n3)CC2)cc1. The number of aromatic nitrogens is 3. The zero-order chi connectivity index (χ0) is 24.3. The minimum atomic E-state index is -4.76. The lowest BCUT2D eigenvalue weighted by Gasteiger charge is -2.34. The summed E-state index contributed by atoms with van der Waals surface area (Å²) in [6, 6.07) is 6.29. The van der Waals surface area contributed by atoms with Crippen LogP contribution in [0.3, 0.4) is 0 Å². The molecule has 1 aromatic carbocycles. The maximum absolute atomic E-state index is 13.4. The van der Waals surface area contributed by atoms with E-state index in [1.54, 1.807) is 10.3 Å². The molecule has 3 aromatic rings. The fourth-order valence-corrected chi connectivity index (χ4v) is 4.45. The smallest absolute Gasteiger partial charge is 0.406 e. The number of nitrogens with one attached hydrogen (secondary N) is 1. The van der Waals surface area contributed by atoms with Crippen molar-refractivity contribution in [2.75, 3.05) is 36.4 Å². The Morgan fingerprint density at radius 1 is 0.971 bits per heavy atom. The number of benzene rings is 1. The van der Waals surface area contributed by atoms with Gasteiger partial charge >= 0.3 is 12.5 Å². The summed E-state index contributed by atoms with van der Waals surface area (Å²) in [5, 5.41) is 4.86. The molecule has 4 rings (SSSR count). The molecule has 0 atom stereocenters. The van der Waals surface area contributed by atoms with Crippen molar-refractivity contribution < 1.29 is 31.1 Å². The largest absolute Gasteiger partial charge is 0.573 e. The first kappa shape index (κ1) is 24.3. The monoisotopic (exact) mass is 522 g/mol. The van der Waals surface area contributed by atoms with Gasteiger partial charge in [-0.2, -0.15) is 18.2 Å². The Morgan fingerprint density at radius 2 is 1.68 bits per heavy atom. The van der Waals surface area contributed by atoms with Crippen molar-refractivity contribution in [2.45, 2.75) is 17.4 Å². The summed E-state index contributed by atoms with van der Waals surface area (Å²) in [5.74, 6) is -0.372. The predicted octanol–water partition coefficient (Wildman–Crippen LogP) is 5.42. The van der Waals surface area contributed by atoms with E-state index in [1.165, 1.54) is 53.7 Å². The first-order chi connectivity index (χ1) is 16.0. The van der Waals surface area contributed by atoms with Crippen LogP contribution in [0, 0.1) is 0 Å². The number of nitrogens with zero attached hydrogens (tertiary/aromatic N) is 5. The summed E-state index contributed by atoms with van der Waals surface area (Å²) in [7, 11) is 0. The van der Waals surface area contributed by atoms with E-state index in [4.69, 9.17) is 0 Å². The van der Waals surface area contributed by atoms with Crippen molar-refractivity contribution in [3.63, 3.8) is 0 Å². The van der Waals surface area contributed by atoms with E-state index < -0.39 is 18.2 Å². The molecule has 1 fully saturated rings. The van der Waals surface area contributed by atoms with E-state index in [0.29, 0.717) is 36.2 Å². The maximum atomic E-state index is 13.4. The van der Waals surface area contributed by atoms with Crippen LogP contribution < -0.4 is 15.0 Å². The Morgan fingerprint density at radius 3 is 2.26 bits per heavy atom. The molecule has 34 heavy (non-hydrogen) atoms. The Hall–Kier alpha value is -2.78.